The van der Waals surface area contributed by atoms with E-state index in [4.69, 9.17) is 11.6 Å². The van der Waals surface area contributed by atoms with Crippen LogP contribution in [0.5, 0.6) is 0 Å². The maximum atomic E-state index is 12.6. The molecule has 4 nitrogen and oxygen atoms in total. The van der Waals surface area contributed by atoms with Crippen molar-refractivity contribution in [3.8, 4) is 0 Å². The van der Waals surface area contributed by atoms with Crippen LogP contribution in [0.4, 0.5) is 5.82 Å². The Morgan fingerprint density at radius 2 is 1.95 bits per heavy atom. The molecule has 0 aliphatic heterocycles. The molecule has 106 valence electrons. The van der Waals surface area contributed by atoms with Crippen molar-refractivity contribution in [2.45, 2.75) is 11.8 Å². The van der Waals surface area contributed by atoms with Gasteiger partial charge in [-0.15, -0.1) is 0 Å². The Bertz CT molecular complexity index is 733. The number of halogens is 2. The van der Waals surface area contributed by atoms with Gasteiger partial charge in [-0.2, -0.15) is 0 Å². The molecular formula is C13H12BrClN2O2S. The largest absolute Gasteiger partial charge is 0.265 e. The monoisotopic (exact) mass is 374 g/mol. The third-order valence-electron chi connectivity index (χ3n) is 2.82. The summed E-state index contributed by atoms with van der Waals surface area (Å²) < 4.78 is 27.1. The van der Waals surface area contributed by atoms with Crippen LogP contribution < -0.4 is 4.31 Å². The first-order valence-corrected chi connectivity index (χ1v) is 8.30. The van der Waals surface area contributed by atoms with Crippen molar-refractivity contribution < 1.29 is 8.42 Å². The van der Waals surface area contributed by atoms with E-state index in [-0.39, 0.29) is 4.90 Å². The molecule has 2 rings (SSSR count). The van der Waals surface area contributed by atoms with Crippen LogP contribution in [0.15, 0.2) is 45.9 Å². The molecule has 0 saturated carbocycles. The zero-order valence-corrected chi connectivity index (χ0v) is 14.0. The highest BCUT2D eigenvalue weighted by molar-refractivity contribution is 9.10. The molecule has 0 saturated heterocycles. The summed E-state index contributed by atoms with van der Waals surface area (Å²) in [6, 6.07) is 8.29. The molecule has 0 atom stereocenters. The van der Waals surface area contributed by atoms with E-state index in [1.807, 2.05) is 0 Å². The van der Waals surface area contributed by atoms with Gasteiger partial charge in [-0.1, -0.05) is 33.6 Å². The summed E-state index contributed by atoms with van der Waals surface area (Å²) >= 11 is 9.04. The zero-order valence-electron chi connectivity index (χ0n) is 10.8. The molecule has 0 aliphatic carbocycles. The van der Waals surface area contributed by atoms with E-state index in [0.717, 1.165) is 4.31 Å². The summed E-state index contributed by atoms with van der Waals surface area (Å²) in [7, 11) is -2.20. The number of sulfonamides is 1. The normalized spacial score (nSPS) is 11.4. The average Bonchev–Trinajstić information content (AvgIpc) is 2.41. The SMILES string of the molecule is Cc1ccc(Br)cc1S(=O)(=O)N(C)c1ccc(Cl)cn1. The number of hydrogen-bond donors (Lipinski definition) is 0. The molecule has 0 spiro atoms. The van der Waals surface area contributed by atoms with Crippen LogP contribution in [-0.4, -0.2) is 20.4 Å². The molecule has 0 N–H and O–H groups in total. The Balaban J connectivity index is 2.49. The van der Waals surface area contributed by atoms with E-state index >= 15 is 0 Å². The van der Waals surface area contributed by atoms with Crippen molar-refractivity contribution in [3.05, 3.63) is 51.6 Å². The Morgan fingerprint density at radius 3 is 2.55 bits per heavy atom. The fourth-order valence-corrected chi connectivity index (χ4v) is 3.70. The highest BCUT2D eigenvalue weighted by atomic mass is 79.9. The summed E-state index contributed by atoms with van der Waals surface area (Å²) in [5.41, 5.74) is 0.675. The molecule has 0 bridgehead atoms. The van der Waals surface area contributed by atoms with Gasteiger partial charge in [-0.3, -0.25) is 4.31 Å². The number of rotatable bonds is 3. The van der Waals surface area contributed by atoms with Gasteiger partial charge in [0.05, 0.1) is 9.92 Å². The number of pyridine rings is 1. The van der Waals surface area contributed by atoms with E-state index in [9.17, 15) is 8.42 Å². The fourth-order valence-electron chi connectivity index (χ4n) is 1.68. The lowest BCUT2D eigenvalue weighted by atomic mass is 10.2. The summed E-state index contributed by atoms with van der Waals surface area (Å²) in [6.07, 6.45) is 1.41. The second kappa shape index (κ2) is 5.71. The maximum Gasteiger partial charge on any atom is 0.265 e. The molecule has 0 aliphatic rings. The van der Waals surface area contributed by atoms with Gasteiger partial charge in [0.15, 0.2) is 0 Å². The van der Waals surface area contributed by atoms with Crippen LogP contribution in [-0.2, 0) is 10.0 Å². The molecule has 7 heteroatoms. The lowest BCUT2D eigenvalue weighted by Gasteiger charge is -2.19. The van der Waals surface area contributed by atoms with E-state index in [1.165, 1.54) is 13.2 Å². The van der Waals surface area contributed by atoms with Crippen LogP contribution in [0, 0.1) is 6.92 Å². The van der Waals surface area contributed by atoms with E-state index < -0.39 is 10.0 Å². The van der Waals surface area contributed by atoms with Gasteiger partial charge in [0, 0.05) is 17.7 Å². The Morgan fingerprint density at radius 1 is 1.25 bits per heavy atom. The Kier molecular flexibility index (Phi) is 4.36. The third kappa shape index (κ3) is 2.97. The minimum atomic E-state index is -3.66. The highest BCUT2D eigenvalue weighted by Crippen LogP contribution is 2.26. The van der Waals surface area contributed by atoms with Crippen LogP contribution >= 0.6 is 27.5 Å². The summed E-state index contributed by atoms with van der Waals surface area (Å²) in [5.74, 6) is 0.314. The summed E-state index contributed by atoms with van der Waals surface area (Å²) in [5, 5.41) is 0.457. The molecule has 1 aromatic heterocycles. The highest BCUT2D eigenvalue weighted by Gasteiger charge is 2.24. The van der Waals surface area contributed by atoms with Crippen molar-refractivity contribution in [1.82, 2.24) is 4.98 Å². The van der Waals surface area contributed by atoms with Crippen LogP contribution in [0.1, 0.15) is 5.56 Å². The molecule has 1 aromatic carbocycles. The summed E-state index contributed by atoms with van der Waals surface area (Å²) in [6.45, 7) is 1.75. The second-order valence-corrected chi connectivity index (χ2v) is 7.51. The molecule has 20 heavy (non-hydrogen) atoms. The van der Waals surface area contributed by atoms with Gasteiger partial charge in [-0.05, 0) is 36.8 Å². The quantitative estimate of drug-likeness (QED) is 0.823. The molecule has 2 aromatic rings. The average molecular weight is 376 g/mol. The van der Waals surface area contributed by atoms with Crippen LogP contribution in [0.2, 0.25) is 5.02 Å². The Labute approximate surface area is 131 Å². The maximum absolute atomic E-state index is 12.6. The van der Waals surface area contributed by atoms with Crippen molar-refractivity contribution in [3.63, 3.8) is 0 Å². The van der Waals surface area contributed by atoms with Crippen molar-refractivity contribution in [1.29, 1.82) is 0 Å². The summed E-state index contributed by atoms with van der Waals surface area (Å²) in [4.78, 5) is 4.27. The minimum absolute atomic E-state index is 0.242. The second-order valence-electron chi connectivity index (χ2n) is 4.22. The number of aryl methyl sites for hydroxylation is 1. The molecular weight excluding hydrogens is 364 g/mol. The first-order chi connectivity index (χ1) is 9.32. The number of hydrogen-bond acceptors (Lipinski definition) is 3. The molecule has 0 radical (unpaired) electrons. The number of benzene rings is 1. The molecule has 0 fully saturated rings. The zero-order chi connectivity index (χ0) is 14.9. The van der Waals surface area contributed by atoms with Crippen LogP contribution in [0.25, 0.3) is 0 Å². The van der Waals surface area contributed by atoms with E-state index in [1.54, 1.807) is 37.3 Å². The molecule has 1 heterocycles. The van der Waals surface area contributed by atoms with E-state index in [0.29, 0.717) is 20.9 Å². The first kappa shape index (κ1) is 15.3. The predicted molar refractivity (Wildman–Crippen MR) is 83.7 cm³/mol. The third-order valence-corrected chi connectivity index (χ3v) is 5.44. The smallest absolute Gasteiger partial charge is 0.253 e. The molecule has 0 amide bonds. The Hall–Kier alpha value is -1.11. The number of nitrogens with zero attached hydrogens (tertiary/aromatic N) is 2. The fraction of sp³-hybridized carbons (Fsp3) is 0.154. The van der Waals surface area contributed by atoms with Crippen LogP contribution in [0.3, 0.4) is 0 Å². The lowest BCUT2D eigenvalue weighted by Crippen LogP contribution is -2.27. The number of anilines is 1. The first-order valence-electron chi connectivity index (χ1n) is 5.69. The number of aromatic nitrogens is 1. The predicted octanol–water partition coefficient (Wildman–Crippen LogP) is 3.63. The van der Waals surface area contributed by atoms with Crippen molar-refractivity contribution in [2.75, 3.05) is 11.4 Å². The van der Waals surface area contributed by atoms with Gasteiger partial charge >= 0.3 is 0 Å². The van der Waals surface area contributed by atoms with Crippen molar-refractivity contribution in [2.24, 2.45) is 0 Å². The van der Waals surface area contributed by atoms with Gasteiger partial charge in [0.2, 0.25) is 0 Å². The van der Waals surface area contributed by atoms with E-state index in [2.05, 4.69) is 20.9 Å². The lowest BCUT2D eigenvalue weighted by molar-refractivity contribution is 0.593. The standard InChI is InChI=1S/C13H12BrClN2O2S/c1-9-3-4-10(14)7-12(9)20(18,19)17(2)13-6-5-11(15)8-16-13/h3-8H,1-2H3. The molecule has 0 unspecified atom stereocenters. The van der Waals surface area contributed by atoms with Gasteiger partial charge in [0.25, 0.3) is 10.0 Å². The van der Waals surface area contributed by atoms with Gasteiger partial charge in [0.1, 0.15) is 5.82 Å². The minimum Gasteiger partial charge on any atom is -0.253 e. The van der Waals surface area contributed by atoms with Gasteiger partial charge < -0.3 is 0 Å². The van der Waals surface area contributed by atoms with Gasteiger partial charge in [-0.25, -0.2) is 13.4 Å². The van der Waals surface area contributed by atoms with Crippen molar-refractivity contribution >= 4 is 43.4 Å². The topological polar surface area (TPSA) is 50.3 Å².